The number of carbonyl (C=O) groups excluding carboxylic acids is 2. The number of fused-ring (bicyclic) bond motifs is 1. The van der Waals surface area contributed by atoms with Crippen molar-refractivity contribution < 1.29 is 14.3 Å². The molecular formula is C22H24N4O4. The molecule has 1 aromatic heterocycles. The molecule has 2 aromatic carbocycles. The minimum Gasteiger partial charge on any atom is -0.495 e. The molecule has 2 amide bonds. The molecule has 0 atom stereocenters. The number of hydrogen-bond donors (Lipinski definition) is 1. The Labute approximate surface area is 174 Å². The van der Waals surface area contributed by atoms with Gasteiger partial charge in [-0.2, -0.15) is 0 Å². The number of aryl methyl sites for hydroxylation is 1. The van der Waals surface area contributed by atoms with Crippen molar-refractivity contribution in [1.29, 1.82) is 0 Å². The van der Waals surface area contributed by atoms with Crippen LogP contribution in [0, 0.1) is 6.92 Å². The van der Waals surface area contributed by atoms with Gasteiger partial charge in [-0.05, 0) is 36.8 Å². The number of aromatic nitrogens is 2. The molecule has 0 fully saturated rings. The quantitative estimate of drug-likeness (QED) is 0.644. The second kappa shape index (κ2) is 9.21. The maximum absolute atomic E-state index is 12.5. The van der Waals surface area contributed by atoms with Crippen LogP contribution in [0.3, 0.4) is 0 Å². The first-order valence-corrected chi connectivity index (χ1v) is 9.53. The molecule has 30 heavy (non-hydrogen) atoms. The number of para-hydroxylation sites is 1. The van der Waals surface area contributed by atoms with E-state index in [0.29, 0.717) is 22.3 Å². The first-order chi connectivity index (χ1) is 14.4. The molecule has 1 heterocycles. The first kappa shape index (κ1) is 21.0. The van der Waals surface area contributed by atoms with Crippen LogP contribution in [0.2, 0.25) is 0 Å². The normalized spacial score (nSPS) is 10.6. The molecule has 0 aliphatic carbocycles. The van der Waals surface area contributed by atoms with E-state index in [2.05, 4.69) is 10.3 Å². The van der Waals surface area contributed by atoms with Crippen molar-refractivity contribution in [1.82, 2.24) is 14.9 Å². The maximum Gasteiger partial charge on any atom is 0.261 e. The van der Waals surface area contributed by atoms with Crippen LogP contribution in [-0.2, 0) is 16.1 Å². The largest absolute Gasteiger partial charge is 0.495 e. The summed E-state index contributed by atoms with van der Waals surface area (Å²) in [6, 6.07) is 12.6. The van der Waals surface area contributed by atoms with Gasteiger partial charge in [0.15, 0.2) is 0 Å². The van der Waals surface area contributed by atoms with E-state index in [1.165, 1.54) is 15.8 Å². The van der Waals surface area contributed by atoms with Gasteiger partial charge in [0.25, 0.3) is 5.56 Å². The molecule has 1 N–H and O–H groups in total. The van der Waals surface area contributed by atoms with Crippen molar-refractivity contribution in [2.24, 2.45) is 0 Å². The summed E-state index contributed by atoms with van der Waals surface area (Å²) in [5.41, 5.74) is 1.98. The molecule has 0 spiro atoms. The Morgan fingerprint density at radius 2 is 1.97 bits per heavy atom. The zero-order chi connectivity index (χ0) is 21.7. The summed E-state index contributed by atoms with van der Waals surface area (Å²) in [5.74, 6) is 0.0742. The van der Waals surface area contributed by atoms with Crippen LogP contribution in [0.4, 0.5) is 5.69 Å². The third-order valence-electron chi connectivity index (χ3n) is 4.78. The van der Waals surface area contributed by atoms with Crippen LogP contribution in [0.15, 0.2) is 53.6 Å². The Kier molecular flexibility index (Phi) is 6.46. The monoisotopic (exact) mass is 408 g/mol. The lowest BCUT2D eigenvalue weighted by Gasteiger charge is -2.20. The third kappa shape index (κ3) is 4.65. The Bertz CT molecular complexity index is 1140. The lowest BCUT2D eigenvalue weighted by Crippen LogP contribution is -2.35. The highest BCUT2D eigenvalue weighted by molar-refractivity contribution is 5.94. The van der Waals surface area contributed by atoms with E-state index in [1.54, 1.807) is 38.4 Å². The number of benzene rings is 2. The smallest absolute Gasteiger partial charge is 0.261 e. The number of methoxy groups -OCH3 is 1. The second-order valence-corrected chi connectivity index (χ2v) is 6.92. The van der Waals surface area contributed by atoms with Crippen LogP contribution >= 0.6 is 0 Å². The summed E-state index contributed by atoms with van der Waals surface area (Å²) in [6.07, 6.45) is 1.47. The number of rotatable bonds is 7. The molecule has 0 aliphatic rings. The average Bonchev–Trinajstić information content (AvgIpc) is 2.75. The zero-order valence-corrected chi connectivity index (χ0v) is 17.2. The number of nitrogens with one attached hydrogen (secondary N) is 1. The Hall–Kier alpha value is -3.68. The van der Waals surface area contributed by atoms with Crippen molar-refractivity contribution in [2.45, 2.75) is 19.9 Å². The lowest BCUT2D eigenvalue weighted by atomic mass is 10.2. The molecule has 0 radical (unpaired) electrons. The van der Waals surface area contributed by atoms with Crippen LogP contribution in [0.1, 0.15) is 12.0 Å². The van der Waals surface area contributed by atoms with Crippen LogP contribution in [0.5, 0.6) is 5.75 Å². The third-order valence-corrected chi connectivity index (χ3v) is 4.78. The van der Waals surface area contributed by atoms with Crippen molar-refractivity contribution >= 4 is 28.4 Å². The molecule has 3 rings (SSSR count). The number of hydrogen-bond acceptors (Lipinski definition) is 5. The van der Waals surface area contributed by atoms with Gasteiger partial charge in [0.1, 0.15) is 12.3 Å². The summed E-state index contributed by atoms with van der Waals surface area (Å²) in [5, 5.41) is 3.13. The predicted octanol–water partition coefficient (Wildman–Crippen LogP) is 1.88. The Morgan fingerprint density at radius 3 is 2.73 bits per heavy atom. The highest BCUT2D eigenvalue weighted by Crippen LogP contribution is 2.28. The summed E-state index contributed by atoms with van der Waals surface area (Å²) >= 11 is 0. The van der Waals surface area contributed by atoms with Gasteiger partial charge in [-0.25, -0.2) is 4.98 Å². The van der Waals surface area contributed by atoms with Crippen molar-refractivity contribution in [3.05, 3.63) is 64.7 Å². The van der Waals surface area contributed by atoms with Gasteiger partial charge < -0.3 is 15.0 Å². The van der Waals surface area contributed by atoms with Gasteiger partial charge in [0.05, 0.1) is 30.0 Å². The number of anilines is 1. The van der Waals surface area contributed by atoms with Crippen LogP contribution in [-0.4, -0.2) is 42.1 Å². The SMILES string of the molecule is COc1ccc(C)cc1N(C)C(=O)CCNC(=O)Cn1cnc2ccccc2c1=O. The van der Waals surface area contributed by atoms with E-state index >= 15 is 0 Å². The van der Waals surface area contributed by atoms with Crippen molar-refractivity contribution in [3.8, 4) is 5.75 Å². The number of amides is 2. The minimum atomic E-state index is -0.363. The molecular weight excluding hydrogens is 384 g/mol. The topological polar surface area (TPSA) is 93.5 Å². The molecule has 0 saturated carbocycles. The zero-order valence-electron chi connectivity index (χ0n) is 17.2. The fraction of sp³-hybridized carbons (Fsp3) is 0.273. The van der Waals surface area contributed by atoms with Gasteiger partial charge in [0, 0.05) is 20.0 Å². The number of carbonyl (C=O) groups is 2. The second-order valence-electron chi connectivity index (χ2n) is 6.92. The van der Waals surface area contributed by atoms with E-state index in [0.717, 1.165) is 5.56 Å². The van der Waals surface area contributed by atoms with Gasteiger partial charge in [-0.1, -0.05) is 18.2 Å². The Balaban J connectivity index is 1.57. The molecule has 0 saturated heterocycles. The van der Waals surface area contributed by atoms with Crippen LogP contribution in [0.25, 0.3) is 10.9 Å². The van der Waals surface area contributed by atoms with E-state index < -0.39 is 0 Å². The number of ether oxygens (including phenoxy) is 1. The number of nitrogens with zero attached hydrogens (tertiary/aromatic N) is 3. The highest BCUT2D eigenvalue weighted by Gasteiger charge is 2.16. The van der Waals surface area contributed by atoms with E-state index in [1.807, 2.05) is 25.1 Å². The van der Waals surface area contributed by atoms with E-state index in [4.69, 9.17) is 4.74 Å². The summed E-state index contributed by atoms with van der Waals surface area (Å²) in [4.78, 5) is 42.9. The molecule has 0 aliphatic heterocycles. The summed E-state index contributed by atoms with van der Waals surface area (Å²) < 4.78 is 6.57. The van der Waals surface area contributed by atoms with E-state index in [-0.39, 0.29) is 36.9 Å². The maximum atomic E-state index is 12.5. The molecule has 0 bridgehead atoms. The van der Waals surface area contributed by atoms with Crippen LogP contribution < -0.4 is 20.5 Å². The van der Waals surface area contributed by atoms with Crippen molar-refractivity contribution in [3.63, 3.8) is 0 Å². The first-order valence-electron chi connectivity index (χ1n) is 9.53. The van der Waals surface area contributed by atoms with E-state index in [9.17, 15) is 14.4 Å². The highest BCUT2D eigenvalue weighted by atomic mass is 16.5. The van der Waals surface area contributed by atoms with Gasteiger partial charge in [-0.3, -0.25) is 19.0 Å². The van der Waals surface area contributed by atoms with Gasteiger partial charge in [-0.15, -0.1) is 0 Å². The molecule has 3 aromatic rings. The minimum absolute atomic E-state index is 0.115. The molecule has 8 heteroatoms. The molecule has 8 nitrogen and oxygen atoms in total. The standard InChI is InChI=1S/C22H24N4O4/c1-15-8-9-19(30-3)18(12-15)25(2)21(28)10-11-23-20(27)13-26-14-24-17-7-5-4-6-16(17)22(26)29/h4-9,12,14H,10-11,13H2,1-3H3,(H,23,27). The van der Waals surface area contributed by atoms with Gasteiger partial charge >= 0.3 is 0 Å². The molecule has 156 valence electrons. The fourth-order valence-corrected chi connectivity index (χ4v) is 3.10. The fourth-order valence-electron chi connectivity index (χ4n) is 3.10. The average molecular weight is 408 g/mol. The Morgan fingerprint density at radius 1 is 1.20 bits per heavy atom. The lowest BCUT2D eigenvalue weighted by molar-refractivity contribution is -0.122. The predicted molar refractivity (Wildman–Crippen MR) is 115 cm³/mol. The van der Waals surface area contributed by atoms with Crippen molar-refractivity contribution in [2.75, 3.05) is 25.6 Å². The summed E-state index contributed by atoms with van der Waals surface area (Å²) in [6.45, 7) is 1.93. The summed E-state index contributed by atoms with van der Waals surface area (Å²) in [7, 11) is 3.22. The van der Waals surface area contributed by atoms with Gasteiger partial charge in [0.2, 0.25) is 11.8 Å². The molecule has 0 unspecified atom stereocenters.